The fourth-order valence-corrected chi connectivity index (χ4v) is 3.53. The molecule has 2 aromatic heterocycles. The predicted molar refractivity (Wildman–Crippen MR) is 90.2 cm³/mol. The van der Waals surface area contributed by atoms with Crippen molar-refractivity contribution in [1.29, 1.82) is 0 Å². The van der Waals surface area contributed by atoms with E-state index in [4.69, 9.17) is 5.73 Å². The van der Waals surface area contributed by atoms with Gasteiger partial charge in [0.15, 0.2) is 5.13 Å². The molecule has 0 aliphatic rings. The lowest BCUT2D eigenvalue weighted by molar-refractivity contribution is 0.0760. The van der Waals surface area contributed by atoms with Crippen LogP contribution in [0.25, 0.3) is 0 Å². The maximum Gasteiger partial charge on any atom is 0.268 e. The first-order valence-electron chi connectivity index (χ1n) is 6.85. The summed E-state index contributed by atoms with van der Waals surface area (Å²) in [5, 5.41) is 2.80. The van der Waals surface area contributed by atoms with Crippen LogP contribution in [0.1, 0.15) is 28.4 Å². The maximum atomic E-state index is 12.6. The molecule has 0 bridgehead atoms. The zero-order valence-electron chi connectivity index (χ0n) is 12.5. The molecule has 5 nitrogen and oxygen atoms in total. The summed E-state index contributed by atoms with van der Waals surface area (Å²) in [6.45, 7) is 6.10. The Bertz CT molecular complexity index is 594. The van der Waals surface area contributed by atoms with Gasteiger partial charge in [0.25, 0.3) is 5.91 Å². The molecule has 1 amide bonds. The third-order valence-corrected chi connectivity index (χ3v) is 5.27. The Kier molecular flexibility index (Phi) is 5.19. The van der Waals surface area contributed by atoms with Gasteiger partial charge in [-0.1, -0.05) is 17.4 Å². The zero-order valence-corrected chi connectivity index (χ0v) is 14.1. The van der Waals surface area contributed by atoms with Gasteiger partial charge >= 0.3 is 0 Å². The van der Waals surface area contributed by atoms with Crippen molar-refractivity contribution in [3.05, 3.63) is 27.3 Å². The number of thiazole rings is 1. The van der Waals surface area contributed by atoms with Gasteiger partial charge < -0.3 is 15.5 Å². The maximum absolute atomic E-state index is 12.6. The monoisotopic (exact) mass is 324 g/mol. The smallest absolute Gasteiger partial charge is 0.268 e. The Morgan fingerprint density at radius 3 is 2.71 bits per heavy atom. The molecule has 0 radical (unpaired) electrons. The van der Waals surface area contributed by atoms with Crippen LogP contribution in [0.3, 0.4) is 0 Å². The highest BCUT2D eigenvalue weighted by atomic mass is 32.1. The predicted octanol–water partition coefficient (Wildman–Crippen LogP) is 2.91. The zero-order chi connectivity index (χ0) is 15.4. The molecular formula is C14H20N4OS2. The highest BCUT2D eigenvalue weighted by molar-refractivity contribution is 7.18. The van der Waals surface area contributed by atoms with Gasteiger partial charge in [0, 0.05) is 25.0 Å². The number of hydrogen-bond donors (Lipinski definition) is 1. The number of anilines is 2. The summed E-state index contributed by atoms with van der Waals surface area (Å²) in [7, 11) is 1.94. The second kappa shape index (κ2) is 6.91. The van der Waals surface area contributed by atoms with Gasteiger partial charge in [0.2, 0.25) is 0 Å². The highest BCUT2D eigenvalue weighted by Crippen LogP contribution is 2.29. The van der Waals surface area contributed by atoms with Gasteiger partial charge in [0.1, 0.15) is 10.7 Å². The van der Waals surface area contributed by atoms with Gasteiger partial charge in [-0.15, -0.1) is 11.3 Å². The van der Waals surface area contributed by atoms with Crippen LogP contribution >= 0.6 is 22.7 Å². The number of carbonyl (C=O) groups excluding carboxylic acids is 1. The number of amides is 1. The molecule has 0 spiro atoms. The van der Waals surface area contributed by atoms with E-state index in [-0.39, 0.29) is 5.91 Å². The molecule has 0 unspecified atom stereocenters. The van der Waals surface area contributed by atoms with Crippen molar-refractivity contribution in [2.75, 3.05) is 30.8 Å². The summed E-state index contributed by atoms with van der Waals surface area (Å²) in [4.78, 5) is 22.4. The van der Waals surface area contributed by atoms with E-state index in [2.05, 4.69) is 4.98 Å². The van der Waals surface area contributed by atoms with Crippen LogP contribution in [0.15, 0.2) is 17.5 Å². The van der Waals surface area contributed by atoms with Crippen molar-refractivity contribution >= 4 is 39.5 Å². The molecule has 2 heterocycles. The number of aromatic nitrogens is 1. The number of nitrogens with two attached hydrogens (primary N) is 1. The molecule has 0 fully saturated rings. The van der Waals surface area contributed by atoms with Crippen LogP contribution < -0.4 is 10.6 Å². The largest absolute Gasteiger partial charge is 0.382 e. The Balaban J connectivity index is 2.19. The average Bonchev–Trinajstić information content (AvgIpc) is 3.12. The third-order valence-electron chi connectivity index (χ3n) is 3.23. The highest BCUT2D eigenvalue weighted by Gasteiger charge is 2.22. The van der Waals surface area contributed by atoms with E-state index < -0.39 is 0 Å². The number of nitrogens with zero attached hydrogens (tertiary/aromatic N) is 3. The van der Waals surface area contributed by atoms with Crippen molar-refractivity contribution in [3.63, 3.8) is 0 Å². The molecule has 0 aliphatic carbocycles. The molecule has 2 N–H and O–H groups in total. The topological polar surface area (TPSA) is 62.5 Å². The Morgan fingerprint density at radius 2 is 2.14 bits per heavy atom. The summed E-state index contributed by atoms with van der Waals surface area (Å²) in [5.74, 6) is 0.279. The number of carbonyl (C=O) groups is 1. The summed E-state index contributed by atoms with van der Waals surface area (Å²) in [5.41, 5.74) is 5.93. The quantitative estimate of drug-likeness (QED) is 0.887. The minimum Gasteiger partial charge on any atom is -0.382 e. The molecular weight excluding hydrogens is 304 g/mol. The lowest BCUT2D eigenvalue weighted by Gasteiger charge is -2.19. The van der Waals surface area contributed by atoms with E-state index in [0.29, 0.717) is 23.8 Å². The fraction of sp³-hybridized carbons (Fsp3) is 0.429. The first kappa shape index (κ1) is 15.8. The van der Waals surface area contributed by atoms with Crippen LogP contribution in [-0.2, 0) is 6.54 Å². The van der Waals surface area contributed by atoms with E-state index >= 15 is 0 Å². The minimum atomic E-state index is -0.0448. The van der Waals surface area contributed by atoms with Crippen LogP contribution in [-0.4, -0.2) is 35.9 Å². The van der Waals surface area contributed by atoms with E-state index in [9.17, 15) is 4.79 Å². The summed E-state index contributed by atoms with van der Waals surface area (Å²) >= 11 is 3.01. The van der Waals surface area contributed by atoms with Gasteiger partial charge in [-0.25, -0.2) is 4.98 Å². The summed E-state index contributed by atoms with van der Waals surface area (Å²) in [6.07, 6.45) is 0. The lowest BCUT2D eigenvalue weighted by Crippen LogP contribution is -2.29. The van der Waals surface area contributed by atoms with E-state index in [0.717, 1.165) is 11.7 Å². The SMILES string of the molecule is CCN(Cc1cccs1)C(=O)c1sc(N(C)CC)nc1N. The van der Waals surface area contributed by atoms with Crippen LogP contribution in [0.4, 0.5) is 10.9 Å². The Labute approximate surface area is 133 Å². The minimum absolute atomic E-state index is 0.0448. The molecule has 21 heavy (non-hydrogen) atoms. The average molecular weight is 324 g/mol. The van der Waals surface area contributed by atoms with Crippen molar-refractivity contribution in [2.45, 2.75) is 20.4 Å². The number of thiophene rings is 1. The molecule has 0 atom stereocenters. The number of hydrogen-bond acceptors (Lipinski definition) is 6. The number of rotatable bonds is 6. The van der Waals surface area contributed by atoms with E-state index in [1.54, 1.807) is 16.2 Å². The van der Waals surface area contributed by atoms with Crippen LogP contribution in [0, 0.1) is 0 Å². The molecule has 0 saturated heterocycles. The van der Waals surface area contributed by atoms with E-state index in [1.807, 2.05) is 43.3 Å². The first-order valence-corrected chi connectivity index (χ1v) is 8.55. The number of nitrogen functional groups attached to an aromatic ring is 1. The van der Waals surface area contributed by atoms with Gasteiger partial charge in [-0.05, 0) is 25.3 Å². The Hall–Kier alpha value is -1.60. The van der Waals surface area contributed by atoms with Gasteiger partial charge in [-0.3, -0.25) is 4.79 Å². The second-order valence-electron chi connectivity index (χ2n) is 4.62. The molecule has 0 aliphatic heterocycles. The fourth-order valence-electron chi connectivity index (χ4n) is 1.83. The molecule has 2 rings (SSSR count). The molecule has 7 heteroatoms. The van der Waals surface area contributed by atoms with Crippen molar-refractivity contribution in [1.82, 2.24) is 9.88 Å². The van der Waals surface area contributed by atoms with Gasteiger partial charge in [0.05, 0.1) is 6.54 Å². The van der Waals surface area contributed by atoms with Crippen molar-refractivity contribution in [3.8, 4) is 0 Å². The standard InChI is InChI=1S/C14H20N4OS2/c1-4-17(3)14-16-12(15)11(21-14)13(19)18(5-2)9-10-7-6-8-20-10/h6-8H,4-5,9,15H2,1-3H3. The van der Waals surface area contributed by atoms with E-state index in [1.165, 1.54) is 16.2 Å². The molecule has 0 aromatic carbocycles. The lowest BCUT2D eigenvalue weighted by atomic mass is 10.3. The summed E-state index contributed by atoms with van der Waals surface area (Å²) in [6, 6.07) is 4.03. The molecule has 0 saturated carbocycles. The van der Waals surface area contributed by atoms with Crippen LogP contribution in [0.2, 0.25) is 0 Å². The van der Waals surface area contributed by atoms with Crippen molar-refractivity contribution < 1.29 is 4.79 Å². The second-order valence-corrected chi connectivity index (χ2v) is 6.63. The normalized spacial score (nSPS) is 10.6. The molecule has 114 valence electrons. The van der Waals surface area contributed by atoms with Crippen molar-refractivity contribution in [2.24, 2.45) is 0 Å². The molecule has 2 aromatic rings. The van der Waals surface area contributed by atoms with Gasteiger partial charge in [-0.2, -0.15) is 0 Å². The Morgan fingerprint density at radius 1 is 1.38 bits per heavy atom. The summed E-state index contributed by atoms with van der Waals surface area (Å²) < 4.78 is 0. The first-order chi connectivity index (χ1) is 10.1. The third kappa shape index (κ3) is 3.54. The van der Waals surface area contributed by atoms with Crippen LogP contribution in [0.5, 0.6) is 0 Å².